The molecule has 0 radical (unpaired) electrons. The molecule has 116 valence electrons. The van der Waals surface area contributed by atoms with Crippen molar-refractivity contribution in [2.24, 2.45) is 17.3 Å². The number of aryl methyl sites for hydroxylation is 2. The lowest BCUT2D eigenvalue weighted by Gasteiger charge is -2.38. The second kappa shape index (κ2) is 6.21. The van der Waals surface area contributed by atoms with Crippen molar-refractivity contribution in [3.8, 4) is 0 Å². The van der Waals surface area contributed by atoms with E-state index in [0.717, 1.165) is 25.7 Å². The fourth-order valence-corrected chi connectivity index (χ4v) is 3.68. The van der Waals surface area contributed by atoms with Gasteiger partial charge in [0.2, 0.25) is 0 Å². The van der Waals surface area contributed by atoms with Crippen LogP contribution >= 0.6 is 0 Å². The van der Waals surface area contributed by atoms with Crippen molar-refractivity contribution in [1.82, 2.24) is 0 Å². The van der Waals surface area contributed by atoms with E-state index in [0.29, 0.717) is 18.3 Å². The summed E-state index contributed by atoms with van der Waals surface area (Å²) in [5, 5.41) is 9.84. The highest BCUT2D eigenvalue weighted by atomic mass is 16.4. The van der Waals surface area contributed by atoms with Crippen molar-refractivity contribution >= 4 is 5.97 Å². The molecule has 0 spiro atoms. The zero-order valence-corrected chi connectivity index (χ0v) is 13.8. The van der Waals surface area contributed by atoms with Gasteiger partial charge in [-0.1, -0.05) is 37.6 Å². The highest BCUT2D eigenvalue weighted by Crippen LogP contribution is 2.44. The molecule has 1 aliphatic rings. The minimum absolute atomic E-state index is 0.552. The summed E-state index contributed by atoms with van der Waals surface area (Å²) < 4.78 is 0. The Morgan fingerprint density at radius 2 is 1.90 bits per heavy atom. The molecule has 0 bridgehead atoms. The molecule has 2 heteroatoms. The van der Waals surface area contributed by atoms with E-state index in [-0.39, 0.29) is 0 Å². The summed E-state index contributed by atoms with van der Waals surface area (Å²) >= 11 is 0. The maximum Gasteiger partial charge on any atom is 0.309 e. The number of aliphatic carboxylic acids is 1. The monoisotopic (exact) mass is 288 g/mol. The van der Waals surface area contributed by atoms with Crippen LogP contribution < -0.4 is 0 Å². The first kappa shape index (κ1) is 16.1. The summed E-state index contributed by atoms with van der Waals surface area (Å²) in [6.07, 6.45) is 4.42. The molecule has 1 aromatic carbocycles. The normalized spacial score (nSPS) is 26.0. The second-order valence-electron chi connectivity index (χ2n) is 7.27. The first-order valence-electron chi connectivity index (χ1n) is 8.13. The molecular weight excluding hydrogens is 260 g/mol. The minimum Gasteiger partial charge on any atom is -0.481 e. The summed E-state index contributed by atoms with van der Waals surface area (Å²) in [6.45, 7) is 8.67. The van der Waals surface area contributed by atoms with Gasteiger partial charge in [-0.2, -0.15) is 0 Å². The Hall–Kier alpha value is -1.31. The van der Waals surface area contributed by atoms with Gasteiger partial charge in [-0.05, 0) is 68.9 Å². The molecule has 21 heavy (non-hydrogen) atoms. The van der Waals surface area contributed by atoms with Gasteiger partial charge in [0.15, 0.2) is 0 Å². The van der Waals surface area contributed by atoms with Crippen molar-refractivity contribution in [2.45, 2.75) is 59.8 Å². The Balaban J connectivity index is 2.21. The molecule has 0 heterocycles. The summed E-state index contributed by atoms with van der Waals surface area (Å²) in [5.74, 6) is 0.749. The number of benzene rings is 1. The minimum atomic E-state index is -0.606. The predicted octanol–water partition coefficient (Wildman–Crippen LogP) is 4.76. The molecule has 0 aliphatic heterocycles. The van der Waals surface area contributed by atoms with E-state index in [1.165, 1.54) is 16.7 Å². The molecular formula is C19H28O2. The SMILES string of the molecule is Cc1ccc(C)c(CC2(C(=O)O)CCC(C(C)C)CC2)c1. The van der Waals surface area contributed by atoms with Gasteiger partial charge in [-0.15, -0.1) is 0 Å². The summed E-state index contributed by atoms with van der Waals surface area (Å²) in [5.41, 5.74) is 3.09. The van der Waals surface area contributed by atoms with Gasteiger partial charge >= 0.3 is 5.97 Å². The highest BCUT2D eigenvalue weighted by molar-refractivity contribution is 5.75. The molecule has 0 saturated heterocycles. The Morgan fingerprint density at radius 3 is 2.43 bits per heavy atom. The zero-order valence-electron chi connectivity index (χ0n) is 13.8. The van der Waals surface area contributed by atoms with Crippen LogP contribution in [-0.4, -0.2) is 11.1 Å². The largest absolute Gasteiger partial charge is 0.481 e. The van der Waals surface area contributed by atoms with Crippen LogP contribution in [0, 0.1) is 31.1 Å². The van der Waals surface area contributed by atoms with Crippen LogP contribution in [0.3, 0.4) is 0 Å². The smallest absolute Gasteiger partial charge is 0.309 e. The molecule has 0 atom stereocenters. The van der Waals surface area contributed by atoms with Crippen molar-refractivity contribution in [3.63, 3.8) is 0 Å². The number of hydrogen-bond acceptors (Lipinski definition) is 1. The molecule has 2 nitrogen and oxygen atoms in total. The van der Waals surface area contributed by atoms with E-state index >= 15 is 0 Å². The van der Waals surface area contributed by atoms with Crippen LogP contribution in [0.25, 0.3) is 0 Å². The molecule has 0 unspecified atom stereocenters. The third-order valence-corrected chi connectivity index (χ3v) is 5.42. The quantitative estimate of drug-likeness (QED) is 0.867. The van der Waals surface area contributed by atoms with Gasteiger partial charge in [-0.3, -0.25) is 4.79 Å². The lowest BCUT2D eigenvalue weighted by atomic mass is 9.65. The highest BCUT2D eigenvalue weighted by Gasteiger charge is 2.42. The van der Waals surface area contributed by atoms with E-state index < -0.39 is 11.4 Å². The summed E-state index contributed by atoms with van der Waals surface area (Å²) in [7, 11) is 0. The van der Waals surface area contributed by atoms with E-state index in [4.69, 9.17) is 0 Å². The van der Waals surface area contributed by atoms with Crippen LogP contribution in [0.1, 0.15) is 56.2 Å². The Kier molecular flexibility index (Phi) is 4.75. The Bertz CT molecular complexity index is 508. The molecule has 0 aromatic heterocycles. The first-order chi connectivity index (χ1) is 9.84. The van der Waals surface area contributed by atoms with Crippen LogP contribution in [0.2, 0.25) is 0 Å². The molecule has 1 N–H and O–H groups in total. The zero-order chi connectivity index (χ0) is 15.6. The molecule has 2 rings (SSSR count). The van der Waals surface area contributed by atoms with Gasteiger partial charge in [0, 0.05) is 0 Å². The van der Waals surface area contributed by atoms with Crippen molar-refractivity contribution in [2.75, 3.05) is 0 Å². The molecule has 1 aromatic rings. The van der Waals surface area contributed by atoms with Crippen molar-refractivity contribution < 1.29 is 9.90 Å². The van der Waals surface area contributed by atoms with Gasteiger partial charge in [0.05, 0.1) is 5.41 Å². The van der Waals surface area contributed by atoms with Gasteiger partial charge in [0.1, 0.15) is 0 Å². The fraction of sp³-hybridized carbons (Fsp3) is 0.632. The number of carboxylic acid groups (broad SMARTS) is 1. The Labute approximate surface area is 128 Å². The van der Waals surface area contributed by atoms with Crippen LogP contribution in [0.4, 0.5) is 0 Å². The lowest BCUT2D eigenvalue weighted by Crippen LogP contribution is -2.38. The van der Waals surface area contributed by atoms with Crippen molar-refractivity contribution in [1.29, 1.82) is 0 Å². The van der Waals surface area contributed by atoms with Crippen molar-refractivity contribution in [3.05, 3.63) is 34.9 Å². The molecule has 1 fully saturated rings. The molecule has 1 saturated carbocycles. The van der Waals surface area contributed by atoms with Gasteiger partial charge in [-0.25, -0.2) is 0 Å². The number of hydrogen-bond donors (Lipinski definition) is 1. The average Bonchev–Trinajstić information content (AvgIpc) is 2.43. The molecule has 0 amide bonds. The third kappa shape index (κ3) is 3.48. The lowest BCUT2D eigenvalue weighted by molar-refractivity contribution is -0.151. The number of rotatable bonds is 4. The Morgan fingerprint density at radius 1 is 1.29 bits per heavy atom. The third-order valence-electron chi connectivity index (χ3n) is 5.42. The van der Waals surface area contributed by atoms with Gasteiger partial charge < -0.3 is 5.11 Å². The topological polar surface area (TPSA) is 37.3 Å². The van der Waals surface area contributed by atoms with E-state index in [1.807, 2.05) is 0 Å². The maximum absolute atomic E-state index is 12.0. The molecule has 1 aliphatic carbocycles. The standard InChI is InChI=1S/C19H28O2/c1-13(2)16-7-9-19(10-8-16,18(20)21)12-17-11-14(3)5-6-15(17)4/h5-6,11,13,16H,7-10,12H2,1-4H3,(H,20,21). The summed E-state index contributed by atoms with van der Waals surface area (Å²) in [6, 6.07) is 6.37. The van der Waals surface area contributed by atoms with Crippen LogP contribution in [-0.2, 0) is 11.2 Å². The van der Waals surface area contributed by atoms with E-state index in [9.17, 15) is 9.90 Å². The van der Waals surface area contributed by atoms with E-state index in [2.05, 4.69) is 45.9 Å². The summed E-state index contributed by atoms with van der Waals surface area (Å²) in [4.78, 5) is 12.0. The average molecular weight is 288 g/mol. The van der Waals surface area contributed by atoms with Crippen LogP contribution in [0.15, 0.2) is 18.2 Å². The number of carbonyl (C=O) groups is 1. The number of carboxylic acids is 1. The van der Waals surface area contributed by atoms with Crippen LogP contribution in [0.5, 0.6) is 0 Å². The predicted molar refractivity (Wildman–Crippen MR) is 86.5 cm³/mol. The van der Waals surface area contributed by atoms with Gasteiger partial charge in [0.25, 0.3) is 0 Å². The second-order valence-corrected chi connectivity index (χ2v) is 7.27. The maximum atomic E-state index is 12.0. The van der Waals surface area contributed by atoms with E-state index in [1.54, 1.807) is 0 Å². The fourth-order valence-electron chi connectivity index (χ4n) is 3.68. The first-order valence-corrected chi connectivity index (χ1v) is 8.13.